The molecule has 2 N–H and O–H groups in total. The first-order valence-corrected chi connectivity index (χ1v) is 7.85. The van der Waals surface area contributed by atoms with E-state index in [1.807, 2.05) is 56.3 Å². The van der Waals surface area contributed by atoms with Crippen LogP contribution in [0.2, 0.25) is 5.02 Å². The van der Waals surface area contributed by atoms with Crippen LogP contribution in [0.3, 0.4) is 0 Å². The molecule has 4 heteroatoms. The number of nitrogens with two attached hydrogens (primary N) is 1. The van der Waals surface area contributed by atoms with Gasteiger partial charge in [-0.25, -0.2) is 0 Å². The maximum atomic E-state index is 5.88. The highest BCUT2D eigenvalue weighted by Gasteiger charge is 2.08. The monoisotopic (exact) mass is 319 g/mol. The highest BCUT2D eigenvalue weighted by Crippen LogP contribution is 2.29. The molecule has 0 spiro atoms. The summed E-state index contributed by atoms with van der Waals surface area (Å²) < 4.78 is 11.6. The second-order valence-corrected chi connectivity index (χ2v) is 5.75. The lowest BCUT2D eigenvalue weighted by molar-refractivity contribution is 0.269. The van der Waals surface area contributed by atoms with Crippen LogP contribution in [-0.4, -0.2) is 12.6 Å². The van der Waals surface area contributed by atoms with E-state index in [-0.39, 0.29) is 6.04 Å². The predicted octanol–water partition coefficient (Wildman–Crippen LogP) is 4.21. The first-order valence-electron chi connectivity index (χ1n) is 7.47. The van der Waals surface area contributed by atoms with Crippen molar-refractivity contribution >= 4 is 11.6 Å². The highest BCUT2D eigenvalue weighted by atomic mass is 35.5. The van der Waals surface area contributed by atoms with E-state index in [0.29, 0.717) is 13.2 Å². The van der Waals surface area contributed by atoms with Gasteiger partial charge in [-0.15, -0.1) is 0 Å². The van der Waals surface area contributed by atoms with Crippen LogP contribution < -0.4 is 15.2 Å². The van der Waals surface area contributed by atoms with Crippen LogP contribution in [-0.2, 0) is 13.0 Å². The minimum atomic E-state index is 0.121. The zero-order chi connectivity index (χ0) is 15.9. The van der Waals surface area contributed by atoms with Crippen molar-refractivity contribution in [2.24, 2.45) is 5.73 Å². The smallest absolute Gasteiger partial charge is 0.161 e. The van der Waals surface area contributed by atoms with Gasteiger partial charge in [-0.05, 0) is 55.7 Å². The van der Waals surface area contributed by atoms with E-state index in [1.165, 1.54) is 0 Å². The summed E-state index contributed by atoms with van der Waals surface area (Å²) in [7, 11) is 0. The van der Waals surface area contributed by atoms with Gasteiger partial charge in [-0.3, -0.25) is 0 Å². The van der Waals surface area contributed by atoms with Crippen molar-refractivity contribution in [1.82, 2.24) is 0 Å². The molecule has 0 aliphatic carbocycles. The van der Waals surface area contributed by atoms with E-state index in [9.17, 15) is 0 Å². The molecular weight excluding hydrogens is 298 g/mol. The fraction of sp³-hybridized carbons (Fsp3) is 0.333. The molecule has 1 unspecified atom stereocenters. The van der Waals surface area contributed by atoms with E-state index < -0.39 is 0 Å². The van der Waals surface area contributed by atoms with Crippen LogP contribution in [0, 0.1) is 0 Å². The van der Waals surface area contributed by atoms with Crippen molar-refractivity contribution in [3.8, 4) is 11.5 Å². The van der Waals surface area contributed by atoms with Crippen LogP contribution in [0.25, 0.3) is 0 Å². The van der Waals surface area contributed by atoms with Gasteiger partial charge in [-0.2, -0.15) is 0 Å². The van der Waals surface area contributed by atoms with E-state index in [2.05, 4.69) is 0 Å². The molecule has 1 atom stereocenters. The van der Waals surface area contributed by atoms with Gasteiger partial charge in [0, 0.05) is 11.1 Å². The van der Waals surface area contributed by atoms with E-state index >= 15 is 0 Å². The fourth-order valence-electron chi connectivity index (χ4n) is 2.18. The Morgan fingerprint density at radius 1 is 1.00 bits per heavy atom. The zero-order valence-corrected chi connectivity index (χ0v) is 13.8. The first-order chi connectivity index (χ1) is 10.6. The van der Waals surface area contributed by atoms with Gasteiger partial charge < -0.3 is 15.2 Å². The highest BCUT2D eigenvalue weighted by molar-refractivity contribution is 6.30. The summed E-state index contributed by atoms with van der Waals surface area (Å²) in [5.74, 6) is 1.50. The second-order valence-electron chi connectivity index (χ2n) is 5.31. The van der Waals surface area contributed by atoms with Gasteiger partial charge >= 0.3 is 0 Å². The van der Waals surface area contributed by atoms with Crippen LogP contribution in [0.15, 0.2) is 42.5 Å². The Kier molecular flexibility index (Phi) is 6.10. The molecule has 118 valence electrons. The average molecular weight is 320 g/mol. The number of hydrogen-bond acceptors (Lipinski definition) is 3. The molecule has 0 bridgehead atoms. The van der Waals surface area contributed by atoms with Gasteiger partial charge in [0.2, 0.25) is 0 Å². The average Bonchev–Trinajstić information content (AvgIpc) is 2.48. The molecule has 0 fully saturated rings. The van der Waals surface area contributed by atoms with E-state index in [0.717, 1.165) is 34.1 Å². The lowest BCUT2D eigenvalue weighted by atomic mass is 10.1. The molecule has 3 nitrogen and oxygen atoms in total. The van der Waals surface area contributed by atoms with Crippen molar-refractivity contribution in [3.05, 3.63) is 58.6 Å². The summed E-state index contributed by atoms with van der Waals surface area (Å²) in [5.41, 5.74) is 8.06. The Hall–Kier alpha value is -1.71. The molecule has 2 rings (SSSR count). The third kappa shape index (κ3) is 4.93. The summed E-state index contributed by atoms with van der Waals surface area (Å²) in [5, 5.41) is 0.721. The molecular formula is C18H22ClNO2. The van der Waals surface area contributed by atoms with Crippen molar-refractivity contribution in [1.29, 1.82) is 0 Å². The number of hydrogen-bond donors (Lipinski definition) is 1. The van der Waals surface area contributed by atoms with Crippen molar-refractivity contribution in [3.63, 3.8) is 0 Å². The third-order valence-corrected chi connectivity index (χ3v) is 3.43. The Balaban J connectivity index is 2.09. The van der Waals surface area contributed by atoms with Crippen molar-refractivity contribution in [2.75, 3.05) is 6.61 Å². The van der Waals surface area contributed by atoms with Crippen molar-refractivity contribution in [2.45, 2.75) is 32.9 Å². The molecule has 2 aromatic rings. The Labute approximate surface area is 137 Å². The maximum Gasteiger partial charge on any atom is 0.161 e. The van der Waals surface area contributed by atoms with Gasteiger partial charge in [0.25, 0.3) is 0 Å². The number of halogens is 1. The first kappa shape index (κ1) is 16.7. The van der Waals surface area contributed by atoms with Crippen LogP contribution >= 0.6 is 11.6 Å². The molecule has 0 saturated carbocycles. The Bertz CT molecular complexity index is 597. The quantitative estimate of drug-likeness (QED) is 0.831. The summed E-state index contributed by atoms with van der Waals surface area (Å²) in [6, 6.07) is 13.7. The summed E-state index contributed by atoms with van der Waals surface area (Å²) in [6.45, 7) is 5.02. The molecule has 0 saturated heterocycles. The fourth-order valence-corrected chi connectivity index (χ4v) is 2.31. The van der Waals surface area contributed by atoms with Gasteiger partial charge in [-0.1, -0.05) is 29.8 Å². The summed E-state index contributed by atoms with van der Waals surface area (Å²) in [6.07, 6.45) is 0.817. The van der Waals surface area contributed by atoms with Crippen molar-refractivity contribution < 1.29 is 9.47 Å². The van der Waals surface area contributed by atoms with Gasteiger partial charge in [0.15, 0.2) is 11.5 Å². The van der Waals surface area contributed by atoms with Gasteiger partial charge in [0.1, 0.15) is 6.61 Å². The zero-order valence-electron chi connectivity index (χ0n) is 13.0. The normalized spacial score (nSPS) is 12.0. The number of rotatable bonds is 7. The molecule has 0 radical (unpaired) electrons. The summed E-state index contributed by atoms with van der Waals surface area (Å²) >= 11 is 5.88. The lowest BCUT2D eigenvalue weighted by Crippen LogP contribution is -2.17. The van der Waals surface area contributed by atoms with E-state index in [1.54, 1.807) is 0 Å². The molecule has 0 aliphatic heterocycles. The van der Waals surface area contributed by atoms with Crippen LogP contribution in [0.5, 0.6) is 11.5 Å². The SMILES string of the molecule is CCOc1cc(CC(C)N)ccc1OCc1ccc(Cl)cc1. The summed E-state index contributed by atoms with van der Waals surface area (Å²) in [4.78, 5) is 0. The minimum absolute atomic E-state index is 0.121. The largest absolute Gasteiger partial charge is 0.490 e. The molecule has 2 aromatic carbocycles. The molecule has 22 heavy (non-hydrogen) atoms. The maximum absolute atomic E-state index is 5.88. The Morgan fingerprint density at radius 3 is 2.32 bits per heavy atom. The third-order valence-electron chi connectivity index (χ3n) is 3.17. The minimum Gasteiger partial charge on any atom is -0.490 e. The standard InChI is InChI=1S/C18H22ClNO2/c1-3-21-18-11-15(10-13(2)20)6-9-17(18)22-12-14-4-7-16(19)8-5-14/h4-9,11,13H,3,10,12,20H2,1-2H3. The second kappa shape index (κ2) is 8.06. The van der Waals surface area contributed by atoms with Gasteiger partial charge in [0.05, 0.1) is 6.61 Å². The lowest BCUT2D eigenvalue weighted by Gasteiger charge is -2.14. The molecule has 0 heterocycles. The van der Waals surface area contributed by atoms with E-state index in [4.69, 9.17) is 26.8 Å². The number of ether oxygens (including phenoxy) is 2. The molecule has 0 aliphatic rings. The number of benzene rings is 2. The topological polar surface area (TPSA) is 44.5 Å². The van der Waals surface area contributed by atoms with Crippen LogP contribution in [0.1, 0.15) is 25.0 Å². The Morgan fingerprint density at radius 2 is 1.68 bits per heavy atom. The molecule has 0 amide bonds. The van der Waals surface area contributed by atoms with Crippen LogP contribution in [0.4, 0.5) is 0 Å². The molecule has 0 aromatic heterocycles. The predicted molar refractivity (Wildman–Crippen MR) is 90.7 cm³/mol.